The van der Waals surface area contributed by atoms with Crippen molar-refractivity contribution in [3.63, 3.8) is 0 Å². The third-order valence-electron chi connectivity index (χ3n) is 12.8. The Morgan fingerprint density at radius 3 is 1.85 bits per heavy atom. The van der Waals surface area contributed by atoms with Crippen LogP contribution in [0.3, 0.4) is 0 Å². The molecule has 2 atom stereocenters. The molecule has 2 aromatic rings. The molecule has 252 valence electrons. The van der Waals surface area contributed by atoms with Crippen molar-refractivity contribution in [3.8, 4) is 0 Å². The molecule has 6 rings (SSSR count). The van der Waals surface area contributed by atoms with Crippen molar-refractivity contribution in [1.82, 2.24) is 0 Å². The summed E-state index contributed by atoms with van der Waals surface area (Å²) in [4.78, 5) is 0. The van der Waals surface area contributed by atoms with Crippen LogP contribution in [-0.4, -0.2) is 5.43 Å². The van der Waals surface area contributed by atoms with Crippen molar-refractivity contribution in [2.24, 2.45) is 27.6 Å². The fraction of sp³-hybridized carbons (Fsp3) is 0.571. The summed E-state index contributed by atoms with van der Waals surface area (Å²) in [5, 5.41) is 1.17. The molecule has 0 spiro atoms. The van der Waals surface area contributed by atoms with E-state index in [2.05, 4.69) is 133 Å². The van der Waals surface area contributed by atoms with Gasteiger partial charge in [0.15, 0.2) is 0 Å². The van der Waals surface area contributed by atoms with Gasteiger partial charge >= 0.3 is 80.4 Å². The number of benzene rings is 1. The van der Waals surface area contributed by atoms with E-state index >= 15 is 0 Å². The first-order valence-electron chi connectivity index (χ1n) is 17.0. The molecule has 1 fully saturated rings. The van der Waals surface area contributed by atoms with Gasteiger partial charge in [0.05, 0.1) is 0 Å². The number of halogens is 2. The van der Waals surface area contributed by atoms with Crippen LogP contribution >= 0.6 is 0 Å². The van der Waals surface area contributed by atoms with E-state index in [1.165, 1.54) is 24.0 Å². The third-order valence-corrected chi connectivity index (χ3v) is 26.9. The minimum absolute atomic E-state index is 0. The summed E-state index contributed by atoms with van der Waals surface area (Å²) >= 11 is 1.77. The number of allylic oxidation sites excluding steroid dienone is 6. The van der Waals surface area contributed by atoms with E-state index in [9.17, 15) is 0 Å². The van der Waals surface area contributed by atoms with Gasteiger partial charge in [0.2, 0.25) is 0 Å². The van der Waals surface area contributed by atoms with Crippen molar-refractivity contribution < 1.29 is 48.1 Å². The maximum Gasteiger partial charge on any atom is -0.00969 e. The fourth-order valence-corrected chi connectivity index (χ4v) is 11.3. The molecule has 0 radical (unpaired) electrons. The van der Waals surface area contributed by atoms with Gasteiger partial charge in [-0.1, -0.05) is 113 Å². The van der Waals surface area contributed by atoms with Crippen molar-refractivity contribution >= 4 is 11.0 Å². The van der Waals surface area contributed by atoms with E-state index in [0.717, 1.165) is 6.42 Å². The van der Waals surface area contributed by atoms with E-state index in [1.54, 1.807) is 51.5 Å². The van der Waals surface area contributed by atoms with Gasteiger partial charge in [-0.3, -0.25) is 0 Å². The van der Waals surface area contributed by atoms with Crippen molar-refractivity contribution in [1.29, 1.82) is 0 Å². The molecule has 0 nitrogen and oxygen atoms in total. The quantitative estimate of drug-likeness (QED) is 0.213. The number of hydrogen-bond acceptors (Lipinski definition) is 0. The van der Waals surface area contributed by atoms with E-state index in [1.807, 2.05) is 30.3 Å². The van der Waals surface area contributed by atoms with Gasteiger partial charge in [-0.2, -0.15) is 29.3 Å². The van der Waals surface area contributed by atoms with Gasteiger partial charge in [-0.25, -0.2) is 18.1 Å². The molecule has 2 aromatic carbocycles. The normalized spacial score (nSPS) is 24.8. The summed E-state index contributed by atoms with van der Waals surface area (Å²) < 4.78 is 0. The van der Waals surface area contributed by atoms with Crippen molar-refractivity contribution in [2.75, 3.05) is 0 Å². The van der Waals surface area contributed by atoms with E-state index in [-0.39, 0.29) is 51.9 Å². The zero-order chi connectivity index (χ0) is 33.1. The molecule has 0 aliphatic heterocycles. The van der Waals surface area contributed by atoms with Crippen LogP contribution in [0.15, 0.2) is 83.5 Å². The maximum atomic E-state index is 2.62. The van der Waals surface area contributed by atoms with E-state index < -0.39 is 0 Å². The van der Waals surface area contributed by atoms with Crippen LogP contribution < -0.4 is 24.8 Å². The van der Waals surface area contributed by atoms with Crippen LogP contribution in [0.25, 0.3) is 5.57 Å². The van der Waals surface area contributed by atoms with Crippen LogP contribution in [0, 0.1) is 33.5 Å². The zero-order valence-corrected chi connectivity index (χ0v) is 36.3. The first-order valence-corrected chi connectivity index (χ1v) is 22.2. The summed E-state index contributed by atoms with van der Waals surface area (Å²) in [7, 11) is 0. The molecule has 0 heterocycles. The Kier molecular flexibility index (Phi) is 12.9. The van der Waals surface area contributed by atoms with Crippen LogP contribution in [-0.2, 0) is 29.8 Å². The zero-order valence-electron chi connectivity index (χ0n) is 31.3. The summed E-state index contributed by atoms with van der Waals surface area (Å²) in [6.45, 7) is 34.6. The Morgan fingerprint density at radius 2 is 1.37 bits per heavy atom. The van der Waals surface area contributed by atoms with Gasteiger partial charge in [-0.05, 0) is 40.6 Å². The molecule has 0 N–H and O–H groups in total. The second-order valence-corrected chi connectivity index (χ2v) is 25.0. The Balaban J connectivity index is 0.000000362. The second-order valence-electron chi connectivity index (χ2n) is 17.6. The molecular formula is C42H60Cl2SiZr-2. The predicted octanol–water partition coefficient (Wildman–Crippen LogP) is 6.50. The molecule has 0 saturated heterocycles. The van der Waals surface area contributed by atoms with Crippen LogP contribution in [0.2, 0.25) is 10.1 Å². The SMILES string of the molecule is CC(C)(C)[Si](=[Zr+2])C(C)(C)C.C[C-]1C2=C3Cc4ccccc4C3=C3C=CCCC3C2(C)C(C)(C)C(C)(C)C1(C)C.[Cl-].[Cl-].c1cc[cH-]c1. The Hall–Kier alpha value is -0.660. The van der Waals surface area contributed by atoms with Gasteiger partial charge in [0.1, 0.15) is 0 Å². The minimum Gasteiger partial charge on any atom is -1.00 e. The molecule has 2 unspecified atom stereocenters. The topological polar surface area (TPSA) is 0 Å². The van der Waals surface area contributed by atoms with Crippen LogP contribution in [0.1, 0.15) is 121 Å². The third kappa shape index (κ3) is 6.74. The van der Waals surface area contributed by atoms with E-state index in [0.29, 0.717) is 16.0 Å². The van der Waals surface area contributed by atoms with Crippen molar-refractivity contribution in [3.05, 3.63) is 101 Å². The molecule has 46 heavy (non-hydrogen) atoms. The molecule has 4 heteroatoms. The van der Waals surface area contributed by atoms with Gasteiger partial charge in [-0.15, -0.1) is 6.92 Å². The summed E-state index contributed by atoms with van der Waals surface area (Å²) in [5.41, 5.74) is 10.2. The van der Waals surface area contributed by atoms with Crippen molar-refractivity contribution in [2.45, 2.75) is 126 Å². The Labute approximate surface area is 311 Å². The average Bonchev–Trinajstić information content (AvgIpc) is 3.63. The Morgan fingerprint density at radius 1 is 0.826 bits per heavy atom. The Bertz CT molecular complexity index is 1440. The largest absolute Gasteiger partial charge is 1.00 e. The number of rotatable bonds is 0. The summed E-state index contributed by atoms with van der Waals surface area (Å²) in [6, 6.07) is 19.2. The van der Waals surface area contributed by atoms with Crippen LogP contribution in [0.5, 0.6) is 0 Å². The van der Waals surface area contributed by atoms with E-state index in [4.69, 9.17) is 0 Å². The van der Waals surface area contributed by atoms with Gasteiger partial charge in [0, 0.05) is 0 Å². The van der Waals surface area contributed by atoms with Gasteiger partial charge in [0.25, 0.3) is 0 Å². The summed E-state index contributed by atoms with van der Waals surface area (Å²) in [6.07, 6.45) is 8.50. The first-order chi connectivity index (χ1) is 20.1. The monoisotopic (exact) mass is 752 g/mol. The number of hydrogen-bond donors (Lipinski definition) is 0. The average molecular weight is 755 g/mol. The smallest absolute Gasteiger partial charge is 0.00969 e. The molecule has 4 aliphatic rings. The standard InChI is InChI=1S/C29H37.C8H18Si.C5H5.2ClH.Zr/c1-18-25-22-17-19-13-9-10-14-20(19)24(22)21-15-11-12-16-23(21)29(25,8)28(6,7)27(4,5)26(18,2)3;1-7(2,3)9-8(4,5)6;1-2-4-5-3-1;;;/h9-11,13-15,23H,12,16-17H2,1-8H3;1-6H3;1-5H;2*1H;/q-1;;-1;;;+2/p-2. The molecule has 0 bridgehead atoms. The molecule has 1 saturated carbocycles. The number of fused-ring (bicyclic) bond motifs is 6. The van der Waals surface area contributed by atoms with Crippen LogP contribution in [0.4, 0.5) is 0 Å². The molecular weight excluding hydrogens is 695 g/mol. The fourth-order valence-electron chi connectivity index (χ4n) is 9.01. The molecule has 0 amide bonds. The predicted molar refractivity (Wildman–Crippen MR) is 192 cm³/mol. The minimum atomic E-state index is -0.131. The molecule has 0 aromatic heterocycles. The van der Waals surface area contributed by atoms with Gasteiger partial charge < -0.3 is 24.8 Å². The second kappa shape index (κ2) is 14.3. The summed E-state index contributed by atoms with van der Waals surface area (Å²) in [5.74, 6) is 2.24. The molecule has 4 aliphatic carbocycles. The maximum absolute atomic E-state index is 2.62. The first kappa shape index (κ1) is 41.5.